The van der Waals surface area contributed by atoms with Crippen LogP contribution in [-0.4, -0.2) is 42.2 Å². The smallest absolute Gasteiger partial charge is 0.303 e. The molecule has 0 spiro atoms. The highest BCUT2D eigenvalue weighted by molar-refractivity contribution is 7.91. The van der Waals surface area contributed by atoms with Crippen LogP contribution in [0.4, 0.5) is 0 Å². The fourth-order valence-corrected chi connectivity index (χ4v) is 5.60. The summed E-state index contributed by atoms with van der Waals surface area (Å²) >= 11 is 0. The van der Waals surface area contributed by atoms with Crippen LogP contribution in [0.1, 0.15) is 25.7 Å². The molecule has 0 radical (unpaired) electrons. The van der Waals surface area contributed by atoms with Crippen molar-refractivity contribution < 1.29 is 23.4 Å². The van der Waals surface area contributed by atoms with Crippen LogP contribution >= 0.6 is 0 Å². The number of aliphatic hydroxyl groups is 1. The first-order valence-corrected chi connectivity index (χ1v) is 7.80. The first kappa shape index (κ1) is 12.8. The molecule has 2 N–H and O–H groups in total. The van der Waals surface area contributed by atoms with Crippen LogP contribution in [-0.2, 0) is 14.6 Å². The van der Waals surface area contributed by atoms with Crippen LogP contribution in [0.2, 0.25) is 0 Å². The van der Waals surface area contributed by atoms with E-state index in [1.807, 2.05) is 0 Å². The highest BCUT2D eigenvalue weighted by atomic mass is 32.2. The van der Waals surface area contributed by atoms with E-state index < -0.39 is 21.9 Å². The molecular weight excluding hydrogens is 244 g/mol. The average molecular weight is 262 g/mol. The van der Waals surface area contributed by atoms with Crippen LogP contribution in [0, 0.1) is 17.8 Å². The summed E-state index contributed by atoms with van der Waals surface area (Å²) in [6.45, 7) is 0. The molecule has 0 aromatic rings. The molecule has 6 heteroatoms. The molecule has 2 aliphatic rings. The summed E-state index contributed by atoms with van der Waals surface area (Å²) in [5, 5.41) is 18.4. The van der Waals surface area contributed by atoms with E-state index in [1.165, 1.54) is 0 Å². The molecule has 0 aromatic carbocycles. The molecule has 2 unspecified atom stereocenters. The minimum atomic E-state index is -3.00. The Morgan fingerprint density at radius 2 is 1.71 bits per heavy atom. The lowest BCUT2D eigenvalue weighted by molar-refractivity contribution is -0.137. The highest BCUT2D eigenvalue weighted by Crippen LogP contribution is 2.43. The maximum Gasteiger partial charge on any atom is 0.303 e. The van der Waals surface area contributed by atoms with Crippen molar-refractivity contribution in [2.24, 2.45) is 17.8 Å². The third-order valence-corrected chi connectivity index (χ3v) is 5.86. The number of fused-ring (bicyclic) bond motifs is 2. The molecule has 0 amide bonds. The van der Waals surface area contributed by atoms with E-state index in [1.54, 1.807) is 0 Å². The van der Waals surface area contributed by atoms with Gasteiger partial charge in [-0.25, -0.2) is 8.42 Å². The van der Waals surface area contributed by atoms with Crippen LogP contribution < -0.4 is 0 Å². The quantitative estimate of drug-likeness (QED) is 0.762. The molecule has 1 aliphatic carbocycles. The lowest BCUT2D eigenvalue weighted by Crippen LogP contribution is -2.46. The van der Waals surface area contributed by atoms with Crippen molar-refractivity contribution in [2.45, 2.75) is 31.8 Å². The minimum absolute atomic E-state index is 0.0538. The maximum atomic E-state index is 11.7. The van der Waals surface area contributed by atoms with E-state index in [-0.39, 0.29) is 35.7 Å². The number of hydrogen-bond donors (Lipinski definition) is 2. The van der Waals surface area contributed by atoms with Gasteiger partial charge in [-0.15, -0.1) is 0 Å². The van der Waals surface area contributed by atoms with E-state index >= 15 is 0 Å². The van der Waals surface area contributed by atoms with Crippen molar-refractivity contribution >= 4 is 15.8 Å². The predicted molar refractivity (Wildman–Crippen MR) is 61.2 cm³/mol. The van der Waals surface area contributed by atoms with Crippen molar-refractivity contribution in [3.8, 4) is 0 Å². The van der Waals surface area contributed by atoms with E-state index in [4.69, 9.17) is 5.11 Å². The SMILES string of the molecule is O=C(O)CCC1C2CC(O)CC1CS(=O)(=O)C2. The van der Waals surface area contributed by atoms with Crippen LogP contribution in [0.15, 0.2) is 0 Å². The summed E-state index contributed by atoms with van der Waals surface area (Å²) in [6, 6.07) is 0. The third kappa shape index (κ3) is 2.98. The Morgan fingerprint density at radius 3 is 2.18 bits per heavy atom. The standard InChI is InChI=1S/C11H18O5S/c12-9-3-7-5-17(15,16)6-8(4-9)10(7)1-2-11(13)14/h7-10,12H,1-6H2,(H,13,14). The normalized spacial score (nSPS) is 39.8. The summed E-state index contributed by atoms with van der Waals surface area (Å²) in [5.74, 6) is -0.561. The predicted octanol–water partition coefficient (Wildman–Crippen LogP) is 0.283. The van der Waals surface area contributed by atoms with Gasteiger partial charge in [0.25, 0.3) is 0 Å². The molecule has 2 atom stereocenters. The third-order valence-electron chi connectivity index (χ3n) is 3.99. The van der Waals surface area contributed by atoms with Crippen molar-refractivity contribution in [3.63, 3.8) is 0 Å². The van der Waals surface area contributed by atoms with Gasteiger partial charge < -0.3 is 10.2 Å². The van der Waals surface area contributed by atoms with Gasteiger partial charge in [0.2, 0.25) is 0 Å². The zero-order chi connectivity index (χ0) is 12.6. The average Bonchev–Trinajstić information content (AvgIpc) is 2.12. The number of sulfone groups is 1. The second-order valence-corrected chi connectivity index (χ2v) is 7.47. The minimum Gasteiger partial charge on any atom is -0.481 e. The summed E-state index contributed by atoms with van der Waals surface area (Å²) in [7, 11) is -3.00. The van der Waals surface area contributed by atoms with Crippen LogP contribution in [0.3, 0.4) is 0 Å². The summed E-state index contributed by atoms with van der Waals surface area (Å²) in [5.41, 5.74) is 0. The summed E-state index contributed by atoms with van der Waals surface area (Å²) in [6.07, 6.45) is 1.21. The van der Waals surface area contributed by atoms with E-state index in [9.17, 15) is 18.3 Å². The van der Waals surface area contributed by atoms with Gasteiger partial charge in [-0.05, 0) is 37.0 Å². The van der Waals surface area contributed by atoms with Gasteiger partial charge >= 0.3 is 5.97 Å². The monoisotopic (exact) mass is 262 g/mol. The molecular formula is C11H18O5S. The van der Waals surface area contributed by atoms with Crippen LogP contribution in [0.25, 0.3) is 0 Å². The molecule has 1 heterocycles. The molecule has 17 heavy (non-hydrogen) atoms. The molecule has 2 rings (SSSR count). The van der Waals surface area contributed by atoms with Crippen LogP contribution in [0.5, 0.6) is 0 Å². The molecule has 1 aliphatic heterocycles. The number of aliphatic carboxylic acids is 1. The summed E-state index contributed by atoms with van der Waals surface area (Å²) < 4.78 is 23.3. The first-order valence-electron chi connectivity index (χ1n) is 5.97. The molecule has 2 bridgehead atoms. The number of carbonyl (C=O) groups is 1. The number of rotatable bonds is 3. The lowest BCUT2D eigenvalue weighted by atomic mass is 9.70. The van der Waals surface area contributed by atoms with Crippen molar-refractivity contribution in [1.29, 1.82) is 0 Å². The fourth-order valence-electron chi connectivity index (χ4n) is 3.39. The van der Waals surface area contributed by atoms with Crippen molar-refractivity contribution in [1.82, 2.24) is 0 Å². The lowest BCUT2D eigenvalue weighted by Gasteiger charge is -2.44. The second kappa shape index (κ2) is 4.57. The molecule has 1 saturated carbocycles. The Kier molecular flexibility index (Phi) is 3.45. The van der Waals surface area contributed by atoms with E-state index in [0.717, 1.165) is 0 Å². The summed E-state index contributed by atoms with van der Waals surface area (Å²) in [4.78, 5) is 10.6. The number of carboxylic acids is 1. The van der Waals surface area contributed by atoms with E-state index in [2.05, 4.69) is 0 Å². The van der Waals surface area contributed by atoms with E-state index in [0.29, 0.717) is 19.3 Å². The maximum absolute atomic E-state index is 11.7. The number of aliphatic hydroxyl groups excluding tert-OH is 1. The Hall–Kier alpha value is -0.620. The Balaban J connectivity index is 2.10. The van der Waals surface area contributed by atoms with Gasteiger partial charge in [-0.3, -0.25) is 4.79 Å². The zero-order valence-electron chi connectivity index (χ0n) is 9.58. The van der Waals surface area contributed by atoms with Gasteiger partial charge in [-0.2, -0.15) is 0 Å². The Bertz CT molecular complexity index is 380. The fraction of sp³-hybridized carbons (Fsp3) is 0.909. The van der Waals surface area contributed by atoms with Gasteiger partial charge in [0.15, 0.2) is 9.84 Å². The van der Waals surface area contributed by atoms with Crippen molar-refractivity contribution in [3.05, 3.63) is 0 Å². The van der Waals surface area contributed by atoms with Gasteiger partial charge in [-0.1, -0.05) is 0 Å². The molecule has 1 saturated heterocycles. The highest BCUT2D eigenvalue weighted by Gasteiger charge is 2.44. The second-order valence-electron chi connectivity index (χ2n) is 5.32. The van der Waals surface area contributed by atoms with Gasteiger partial charge in [0.05, 0.1) is 17.6 Å². The largest absolute Gasteiger partial charge is 0.481 e. The molecule has 98 valence electrons. The Morgan fingerprint density at radius 1 is 1.18 bits per heavy atom. The topological polar surface area (TPSA) is 91.7 Å². The zero-order valence-corrected chi connectivity index (χ0v) is 10.4. The number of carboxylic acid groups (broad SMARTS) is 1. The van der Waals surface area contributed by atoms with Crippen molar-refractivity contribution in [2.75, 3.05) is 11.5 Å². The first-order chi connectivity index (χ1) is 7.87. The van der Waals surface area contributed by atoms with Gasteiger partial charge in [0, 0.05) is 6.42 Å². The molecule has 0 aromatic heterocycles. The molecule has 5 nitrogen and oxygen atoms in total. The van der Waals surface area contributed by atoms with Gasteiger partial charge in [0.1, 0.15) is 0 Å². The number of hydrogen-bond acceptors (Lipinski definition) is 4. The Labute approximate surface area is 101 Å². The molecule has 2 fully saturated rings.